The largest absolute Gasteiger partial charge is 0.335 e. The average molecular weight is 261 g/mol. The molecule has 0 amide bonds. The van der Waals surface area contributed by atoms with Crippen LogP contribution in [-0.4, -0.2) is 22.1 Å². The first kappa shape index (κ1) is 13.2. The molecule has 1 aromatic heterocycles. The lowest BCUT2D eigenvalue weighted by molar-refractivity contribution is 0.354. The first-order chi connectivity index (χ1) is 9.36. The monoisotopic (exact) mass is 261 g/mol. The highest BCUT2D eigenvalue weighted by atomic mass is 15.1. The molecule has 106 valence electrons. The van der Waals surface area contributed by atoms with E-state index in [1.54, 1.807) is 0 Å². The van der Waals surface area contributed by atoms with Crippen molar-refractivity contribution in [3.05, 3.63) is 18.2 Å². The fourth-order valence-electron chi connectivity index (χ4n) is 3.47. The van der Waals surface area contributed by atoms with Gasteiger partial charge < -0.3 is 9.88 Å². The van der Waals surface area contributed by atoms with Crippen molar-refractivity contribution in [3.8, 4) is 0 Å². The molecule has 0 aromatic carbocycles. The van der Waals surface area contributed by atoms with Crippen LogP contribution in [0.15, 0.2) is 12.4 Å². The molecule has 3 heteroatoms. The van der Waals surface area contributed by atoms with Gasteiger partial charge in [0.15, 0.2) is 0 Å². The number of imidazole rings is 1. The normalized spacial score (nSPS) is 27.0. The second-order valence-electron chi connectivity index (χ2n) is 6.37. The van der Waals surface area contributed by atoms with Crippen LogP contribution < -0.4 is 5.32 Å². The molecule has 2 aliphatic rings. The van der Waals surface area contributed by atoms with Crippen LogP contribution >= 0.6 is 0 Å². The Labute approximate surface area is 116 Å². The smallest absolute Gasteiger partial charge is 0.108 e. The van der Waals surface area contributed by atoms with Crippen LogP contribution in [0.1, 0.15) is 51.3 Å². The zero-order chi connectivity index (χ0) is 13.1. The van der Waals surface area contributed by atoms with Crippen molar-refractivity contribution in [2.24, 2.45) is 11.8 Å². The van der Waals surface area contributed by atoms with Crippen LogP contribution in [0.25, 0.3) is 0 Å². The quantitative estimate of drug-likeness (QED) is 0.817. The van der Waals surface area contributed by atoms with E-state index >= 15 is 0 Å². The molecule has 0 bridgehead atoms. The summed E-state index contributed by atoms with van der Waals surface area (Å²) in [6.45, 7) is 4.60. The molecule has 0 radical (unpaired) electrons. The van der Waals surface area contributed by atoms with Crippen molar-refractivity contribution in [1.29, 1.82) is 0 Å². The highest BCUT2D eigenvalue weighted by Gasteiger charge is 2.30. The molecule has 2 unspecified atom stereocenters. The zero-order valence-corrected chi connectivity index (χ0v) is 12.1. The molecule has 1 heterocycles. The lowest BCUT2D eigenvalue weighted by Gasteiger charge is -2.20. The minimum absolute atomic E-state index is 0.850. The van der Waals surface area contributed by atoms with E-state index < -0.39 is 0 Å². The minimum atomic E-state index is 0.850. The predicted octanol–water partition coefficient (Wildman–Crippen LogP) is 3.00. The second-order valence-corrected chi connectivity index (χ2v) is 6.37. The Balaban J connectivity index is 1.55. The number of hydrogen-bond donors (Lipinski definition) is 1. The van der Waals surface area contributed by atoms with Gasteiger partial charge in [-0.3, -0.25) is 0 Å². The average Bonchev–Trinajstić information content (AvgIpc) is 2.98. The van der Waals surface area contributed by atoms with E-state index in [1.807, 2.05) is 6.20 Å². The van der Waals surface area contributed by atoms with Crippen molar-refractivity contribution in [1.82, 2.24) is 14.9 Å². The summed E-state index contributed by atoms with van der Waals surface area (Å²) in [5.41, 5.74) is 0. The van der Waals surface area contributed by atoms with Crippen molar-refractivity contribution >= 4 is 0 Å². The summed E-state index contributed by atoms with van der Waals surface area (Å²) in [5.74, 6) is 3.04. The van der Waals surface area contributed by atoms with Crippen molar-refractivity contribution in [2.45, 2.75) is 64.5 Å². The third-order valence-corrected chi connectivity index (χ3v) is 4.77. The molecular weight excluding hydrogens is 234 g/mol. The van der Waals surface area contributed by atoms with Crippen molar-refractivity contribution in [2.75, 3.05) is 6.54 Å². The number of nitrogens with one attached hydrogen (secondary N) is 1. The van der Waals surface area contributed by atoms with Crippen LogP contribution in [0.4, 0.5) is 0 Å². The number of nitrogens with zero attached hydrogens (tertiary/aromatic N) is 2. The van der Waals surface area contributed by atoms with Crippen LogP contribution in [-0.2, 0) is 13.0 Å². The summed E-state index contributed by atoms with van der Waals surface area (Å²) in [6.07, 6.45) is 13.5. The molecular formula is C16H27N3. The van der Waals surface area contributed by atoms with E-state index in [0.29, 0.717) is 0 Å². The highest BCUT2D eigenvalue weighted by molar-refractivity contribution is 4.97. The Morgan fingerprint density at radius 3 is 2.89 bits per heavy atom. The highest BCUT2D eigenvalue weighted by Crippen LogP contribution is 2.34. The van der Waals surface area contributed by atoms with Crippen LogP contribution in [0, 0.1) is 11.8 Å². The number of hydrogen-bond acceptors (Lipinski definition) is 2. The molecule has 2 fully saturated rings. The van der Waals surface area contributed by atoms with Gasteiger partial charge in [0.2, 0.25) is 0 Å². The Bertz CT molecular complexity index is 394. The van der Waals surface area contributed by atoms with E-state index in [0.717, 1.165) is 24.4 Å². The molecule has 3 rings (SSSR count). The van der Waals surface area contributed by atoms with Gasteiger partial charge in [-0.25, -0.2) is 4.98 Å². The van der Waals surface area contributed by atoms with Crippen LogP contribution in [0.2, 0.25) is 0 Å². The number of aryl methyl sites for hydroxylation is 1. The van der Waals surface area contributed by atoms with Gasteiger partial charge in [-0.05, 0) is 50.5 Å². The third-order valence-electron chi connectivity index (χ3n) is 4.77. The van der Waals surface area contributed by atoms with Gasteiger partial charge in [0, 0.05) is 31.4 Å². The minimum Gasteiger partial charge on any atom is -0.335 e. The maximum atomic E-state index is 4.58. The maximum Gasteiger partial charge on any atom is 0.108 e. The molecule has 2 atom stereocenters. The molecule has 1 N–H and O–H groups in total. The summed E-state index contributed by atoms with van der Waals surface area (Å²) in [4.78, 5) is 4.58. The first-order valence-corrected chi connectivity index (χ1v) is 8.10. The van der Waals surface area contributed by atoms with E-state index in [2.05, 4.69) is 28.0 Å². The molecule has 2 saturated carbocycles. The Hall–Kier alpha value is -0.830. The number of aromatic nitrogens is 2. The molecule has 3 nitrogen and oxygen atoms in total. The maximum absolute atomic E-state index is 4.58. The fraction of sp³-hybridized carbons (Fsp3) is 0.812. The zero-order valence-electron chi connectivity index (χ0n) is 12.1. The Kier molecular flexibility index (Phi) is 4.21. The van der Waals surface area contributed by atoms with Crippen LogP contribution in [0.3, 0.4) is 0 Å². The third kappa shape index (κ3) is 3.38. The standard InChI is InChI=1S/C16H27N3/c1-2-9-19-10-8-17-16(19)11-13-4-3-5-14(13)12-18-15-6-7-15/h8,10,13-15,18H,2-7,9,11-12H2,1H3. The summed E-state index contributed by atoms with van der Waals surface area (Å²) >= 11 is 0. The summed E-state index contributed by atoms with van der Waals surface area (Å²) in [5, 5.41) is 3.72. The predicted molar refractivity (Wildman–Crippen MR) is 78.1 cm³/mol. The Morgan fingerprint density at radius 1 is 1.26 bits per heavy atom. The van der Waals surface area contributed by atoms with Crippen molar-refractivity contribution < 1.29 is 0 Å². The first-order valence-electron chi connectivity index (χ1n) is 8.10. The van der Waals surface area contributed by atoms with Gasteiger partial charge in [-0.1, -0.05) is 13.3 Å². The van der Waals surface area contributed by atoms with Gasteiger partial charge in [-0.15, -0.1) is 0 Å². The van der Waals surface area contributed by atoms with E-state index in [-0.39, 0.29) is 0 Å². The molecule has 0 saturated heterocycles. The fourth-order valence-corrected chi connectivity index (χ4v) is 3.47. The van der Waals surface area contributed by atoms with E-state index in [1.165, 1.54) is 57.3 Å². The lowest BCUT2D eigenvalue weighted by Crippen LogP contribution is -2.28. The van der Waals surface area contributed by atoms with E-state index in [4.69, 9.17) is 0 Å². The van der Waals surface area contributed by atoms with Gasteiger partial charge in [0.05, 0.1) is 0 Å². The Morgan fingerprint density at radius 2 is 2.11 bits per heavy atom. The molecule has 1 aromatic rings. The second kappa shape index (κ2) is 6.08. The van der Waals surface area contributed by atoms with E-state index in [9.17, 15) is 0 Å². The topological polar surface area (TPSA) is 29.9 Å². The van der Waals surface area contributed by atoms with Gasteiger partial charge in [0.25, 0.3) is 0 Å². The molecule has 0 aliphatic heterocycles. The number of rotatable bonds is 7. The summed E-state index contributed by atoms with van der Waals surface area (Å²) < 4.78 is 2.35. The summed E-state index contributed by atoms with van der Waals surface area (Å²) in [6, 6.07) is 0.850. The van der Waals surface area contributed by atoms with Gasteiger partial charge >= 0.3 is 0 Å². The van der Waals surface area contributed by atoms with Crippen molar-refractivity contribution in [3.63, 3.8) is 0 Å². The van der Waals surface area contributed by atoms with Gasteiger partial charge in [0.1, 0.15) is 5.82 Å². The molecule has 19 heavy (non-hydrogen) atoms. The van der Waals surface area contributed by atoms with Crippen LogP contribution in [0.5, 0.6) is 0 Å². The molecule has 0 spiro atoms. The van der Waals surface area contributed by atoms with Gasteiger partial charge in [-0.2, -0.15) is 0 Å². The lowest BCUT2D eigenvalue weighted by atomic mass is 9.92. The molecule has 2 aliphatic carbocycles. The summed E-state index contributed by atoms with van der Waals surface area (Å²) in [7, 11) is 0. The SMILES string of the molecule is CCCn1ccnc1CC1CCCC1CNC1CC1.